The molecule has 1 aromatic rings. The summed E-state index contributed by atoms with van der Waals surface area (Å²) in [5, 5.41) is 0. The van der Waals surface area contributed by atoms with E-state index < -0.39 is 29.7 Å². The van der Waals surface area contributed by atoms with Crippen molar-refractivity contribution in [1.82, 2.24) is 0 Å². The summed E-state index contributed by atoms with van der Waals surface area (Å²) in [7, 11) is 1.28. The lowest BCUT2D eigenvalue weighted by molar-refractivity contribution is -0.381. The zero-order valence-electron chi connectivity index (χ0n) is 12.3. The molecule has 0 aliphatic heterocycles. The van der Waals surface area contributed by atoms with Crippen molar-refractivity contribution in [1.29, 1.82) is 0 Å². The van der Waals surface area contributed by atoms with Gasteiger partial charge in [0.15, 0.2) is 0 Å². The molecule has 0 unspecified atom stereocenters. The topological polar surface area (TPSA) is 18.5 Å². The van der Waals surface area contributed by atoms with Gasteiger partial charge in [-0.1, -0.05) is 30.3 Å². The maximum Gasteiger partial charge on any atom is 0.339 e. The SMILES string of the molecule is COCOC12CCC(c3ccccc3)(CC1)C(F)(F)C2(F)F. The third-order valence-corrected chi connectivity index (χ3v) is 5.26. The zero-order chi connectivity index (χ0) is 16.1. The zero-order valence-corrected chi connectivity index (χ0v) is 12.3. The molecule has 0 radical (unpaired) electrons. The second-order valence-electron chi connectivity index (χ2n) is 6.14. The molecule has 0 amide bonds. The fourth-order valence-electron chi connectivity index (χ4n) is 3.93. The molecule has 4 rings (SSSR count). The molecule has 2 nitrogen and oxygen atoms in total. The number of ether oxygens (including phenoxy) is 2. The normalized spacial score (nSPS) is 35.5. The molecule has 0 N–H and O–H groups in total. The van der Waals surface area contributed by atoms with Crippen molar-refractivity contribution >= 4 is 0 Å². The Morgan fingerprint density at radius 3 is 2.05 bits per heavy atom. The minimum atomic E-state index is -4.23. The standard InChI is InChI=1S/C16H18F4O2/c1-21-11-22-14-9-7-13(8-10-14,12-5-3-2-4-6-12)15(17,18)16(14,19)20/h2-6H,7-11H2,1H3. The van der Waals surface area contributed by atoms with Gasteiger partial charge < -0.3 is 9.47 Å². The molecule has 0 saturated heterocycles. The van der Waals surface area contributed by atoms with Crippen LogP contribution in [-0.4, -0.2) is 31.3 Å². The summed E-state index contributed by atoms with van der Waals surface area (Å²) in [6.07, 6.45) is -0.256. The molecule has 0 heterocycles. The minimum absolute atomic E-state index is 0.0245. The molecule has 3 saturated carbocycles. The van der Waals surface area contributed by atoms with E-state index in [1.54, 1.807) is 18.2 Å². The van der Waals surface area contributed by atoms with Crippen LogP contribution < -0.4 is 0 Å². The van der Waals surface area contributed by atoms with Crippen LogP contribution in [0.1, 0.15) is 31.2 Å². The molecule has 3 aliphatic carbocycles. The molecular weight excluding hydrogens is 300 g/mol. The molecule has 122 valence electrons. The largest absolute Gasteiger partial charge is 0.359 e. The second kappa shape index (κ2) is 4.93. The Bertz CT molecular complexity index is 536. The van der Waals surface area contributed by atoms with Gasteiger partial charge in [-0.3, -0.25) is 0 Å². The maximum absolute atomic E-state index is 14.8. The van der Waals surface area contributed by atoms with E-state index in [2.05, 4.69) is 4.74 Å². The van der Waals surface area contributed by atoms with Crippen molar-refractivity contribution in [3.05, 3.63) is 35.9 Å². The first-order valence-corrected chi connectivity index (χ1v) is 7.27. The third-order valence-electron chi connectivity index (χ3n) is 5.26. The molecule has 0 spiro atoms. The van der Waals surface area contributed by atoms with E-state index >= 15 is 0 Å². The Labute approximate surface area is 126 Å². The molecular formula is C16H18F4O2. The van der Waals surface area contributed by atoms with Crippen LogP contribution in [0.5, 0.6) is 0 Å². The van der Waals surface area contributed by atoms with Gasteiger partial charge in [-0.2, -0.15) is 17.6 Å². The minimum Gasteiger partial charge on any atom is -0.359 e. The van der Waals surface area contributed by atoms with Gasteiger partial charge in [-0.25, -0.2) is 0 Å². The number of hydrogen-bond acceptors (Lipinski definition) is 2. The van der Waals surface area contributed by atoms with Crippen LogP contribution in [0.4, 0.5) is 17.6 Å². The van der Waals surface area contributed by atoms with Crippen LogP contribution in [0, 0.1) is 0 Å². The van der Waals surface area contributed by atoms with Crippen molar-refractivity contribution < 1.29 is 27.0 Å². The predicted molar refractivity (Wildman–Crippen MR) is 72.2 cm³/mol. The van der Waals surface area contributed by atoms with Crippen LogP contribution in [-0.2, 0) is 14.9 Å². The lowest BCUT2D eigenvalue weighted by atomic mass is 9.52. The number of halogens is 4. The van der Waals surface area contributed by atoms with Crippen LogP contribution >= 0.6 is 0 Å². The van der Waals surface area contributed by atoms with Crippen molar-refractivity contribution in [2.45, 2.75) is 48.5 Å². The summed E-state index contributed by atoms with van der Waals surface area (Å²) in [5.74, 6) is -8.39. The number of fused-ring (bicyclic) bond motifs is 3. The summed E-state index contributed by atoms with van der Waals surface area (Å²) in [6.45, 7) is -0.413. The average molecular weight is 318 g/mol. The Morgan fingerprint density at radius 1 is 0.909 bits per heavy atom. The Kier molecular flexibility index (Phi) is 3.53. The highest BCUT2D eigenvalue weighted by Crippen LogP contribution is 2.68. The van der Waals surface area contributed by atoms with Gasteiger partial charge >= 0.3 is 11.8 Å². The summed E-state index contributed by atoms with van der Waals surface area (Å²) in [6, 6.07) is 7.93. The number of alkyl halides is 4. The van der Waals surface area contributed by atoms with Crippen molar-refractivity contribution in [3.8, 4) is 0 Å². The first-order valence-electron chi connectivity index (χ1n) is 7.27. The summed E-state index contributed by atoms with van der Waals surface area (Å²) in [4.78, 5) is 0. The van der Waals surface area contributed by atoms with E-state index in [9.17, 15) is 17.6 Å². The van der Waals surface area contributed by atoms with Crippen LogP contribution in [0.25, 0.3) is 0 Å². The first kappa shape index (κ1) is 15.7. The summed E-state index contributed by atoms with van der Waals surface area (Å²) >= 11 is 0. The fourth-order valence-corrected chi connectivity index (χ4v) is 3.93. The van der Waals surface area contributed by atoms with E-state index in [0.717, 1.165) is 0 Å². The number of benzene rings is 1. The fraction of sp³-hybridized carbons (Fsp3) is 0.625. The molecule has 2 bridgehead atoms. The third kappa shape index (κ3) is 1.74. The van der Waals surface area contributed by atoms with Crippen molar-refractivity contribution in [3.63, 3.8) is 0 Å². The maximum atomic E-state index is 14.8. The smallest absolute Gasteiger partial charge is 0.339 e. The van der Waals surface area contributed by atoms with E-state index in [4.69, 9.17) is 4.74 Å². The first-order chi connectivity index (χ1) is 10.3. The van der Waals surface area contributed by atoms with Crippen LogP contribution in [0.2, 0.25) is 0 Å². The van der Waals surface area contributed by atoms with Gasteiger partial charge in [-0.15, -0.1) is 0 Å². The molecule has 22 heavy (non-hydrogen) atoms. The molecule has 6 heteroatoms. The highest BCUT2D eigenvalue weighted by Gasteiger charge is 2.82. The van der Waals surface area contributed by atoms with Gasteiger partial charge in [0, 0.05) is 7.11 Å². The van der Waals surface area contributed by atoms with Crippen molar-refractivity contribution in [2.24, 2.45) is 0 Å². The van der Waals surface area contributed by atoms with Gasteiger partial charge in [0.2, 0.25) is 0 Å². The molecule has 1 aromatic carbocycles. The lowest BCUT2D eigenvalue weighted by Gasteiger charge is -2.60. The van der Waals surface area contributed by atoms with E-state index in [0.29, 0.717) is 0 Å². The highest BCUT2D eigenvalue weighted by atomic mass is 19.3. The Morgan fingerprint density at radius 2 is 1.50 bits per heavy atom. The van der Waals surface area contributed by atoms with E-state index in [1.807, 2.05) is 0 Å². The number of hydrogen-bond donors (Lipinski definition) is 0. The summed E-state index contributed by atoms with van der Waals surface area (Å²) in [5.41, 5.74) is -3.68. The van der Waals surface area contributed by atoms with Crippen molar-refractivity contribution in [2.75, 3.05) is 13.9 Å². The number of rotatable bonds is 4. The van der Waals surface area contributed by atoms with Gasteiger partial charge in [-0.05, 0) is 31.2 Å². The molecule has 3 fully saturated rings. The van der Waals surface area contributed by atoms with E-state index in [-0.39, 0.29) is 31.2 Å². The Balaban J connectivity index is 2.06. The van der Waals surface area contributed by atoms with Gasteiger partial charge in [0.25, 0.3) is 0 Å². The second-order valence-corrected chi connectivity index (χ2v) is 6.14. The highest BCUT2D eigenvalue weighted by molar-refractivity contribution is 5.36. The number of methoxy groups -OCH3 is 1. The van der Waals surface area contributed by atoms with Crippen LogP contribution in [0.3, 0.4) is 0 Å². The summed E-state index contributed by atoms with van der Waals surface area (Å²) < 4.78 is 68.7. The molecule has 3 aliphatic rings. The Hall–Kier alpha value is -1.14. The van der Waals surface area contributed by atoms with Crippen LogP contribution in [0.15, 0.2) is 30.3 Å². The average Bonchev–Trinajstić information content (AvgIpc) is 2.52. The quantitative estimate of drug-likeness (QED) is 0.613. The van der Waals surface area contributed by atoms with Gasteiger partial charge in [0.05, 0.1) is 5.41 Å². The monoisotopic (exact) mass is 318 g/mol. The lowest BCUT2D eigenvalue weighted by Crippen LogP contribution is -2.75. The predicted octanol–water partition coefficient (Wildman–Crippen LogP) is 4.14. The molecule has 0 atom stereocenters. The molecule has 0 aromatic heterocycles. The van der Waals surface area contributed by atoms with Gasteiger partial charge in [0.1, 0.15) is 12.4 Å². The van der Waals surface area contributed by atoms with E-state index in [1.165, 1.54) is 19.2 Å².